The lowest BCUT2D eigenvalue weighted by Gasteiger charge is -2.11. The number of benzene rings is 1. The summed E-state index contributed by atoms with van der Waals surface area (Å²) in [6, 6.07) is 4.58. The van der Waals surface area contributed by atoms with Crippen molar-refractivity contribution < 1.29 is 24.6 Å². The summed E-state index contributed by atoms with van der Waals surface area (Å²) >= 11 is 0. The molecule has 0 spiro atoms. The smallest absolute Gasteiger partial charge is 0.328 e. The van der Waals surface area contributed by atoms with Gasteiger partial charge in [0.1, 0.15) is 0 Å². The topological polar surface area (TPSA) is 116 Å². The summed E-state index contributed by atoms with van der Waals surface area (Å²) < 4.78 is 0. The molecule has 0 heterocycles. The van der Waals surface area contributed by atoms with Gasteiger partial charge in [0.15, 0.2) is 6.04 Å². The standard InChI is InChI=1S/C12H14N2O5/c1-7(16)13-9-4-2-8(3-5-9)11(17)14-10(6-15)12(18)19/h2-5,10,15H,6H2,1H3,(H,13,16)(H,14,17)(H,18,19)/t10-/m1/s1. The molecule has 0 unspecified atom stereocenters. The van der Waals surface area contributed by atoms with Gasteiger partial charge in [-0.2, -0.15) is 0 Å². The number of carboxylic acids is 1. The van der Waals surface area contributed by atoms with Gasteiger partial charge < -0.3 is 20.8 Å². The minimum Gasteiger partial charge on any atom is -0.480 e. The molecule has 0 radical (unpaired) electrons. The molecule has 1 aromatic carbocycles. The van der Waals surface area contributed by atoms with Crippen LogP contribution in [0.4, 0.5) is 5.69 Å². The van der Waals surface area contributed by atoms with E-state index in [-0.39, 0.29) is 11.5 Å². The summed E-state index contributed by atoms with van der Waals surface area (Å²) in [6.07, 6.45) is 0. The number of aliphatic carboxylic acids is 1. The number of carbonyl (C=O) groups is 3. The lowest BCUT2D eigenvalue weighted by Crippen LogP contribution is -2.43. The third kappa shape index (κ3) is 4.40. The fourth-order valence-corrected chi connectivity index (χ4v) is 1.34. The molecule has 2 amide bonds. The van der Waals surface area contributed by atoms with Crippen LogP contribution >= 0.6 is 0 Å². The van der Waals surface area contributed by atoms with Crippen LogP contribution in [-0.2, 0) is 9.59 Å². The number of hydrogen-bond donors (Lipinski definition) is 4. The van der Waals surface area contributed by atoms with Crippen LogP contribution < -0.4 is 10.6 Å². The van der Waals surface area contributed by atoms with Gasteiger partial charge in [-0.15, -0.1) is 0 Å². The number of amides is 2. The zero-order valence-corrected chi connectivity index (χ0v) is 10.2. The van der Waals surface area contributed by atoms with Crippen molar-refractivity contribution in [1.82, 2.24) is 5.32 Å². The summed E-state index contributed by atoms with van der Waals surface area (Å²) in [5.74, 6) is -2.16. The zero-order chi connectivity index (χ0) is 14.4. The summed E-state index contributed by atoms with van der Waals surface area (Å²) in [6.45, 7) is 0.671. The van der Waals surface area contributed by atoms with Gasteiger partial charge in [-0.1, -0.05) is 0 Å². The van der Waals surface area contributed by atoms with Crippen LogP contribution in [0.2, 0.25) is 0 Å². The van der Waals surface area contributed by atoms with Gasteiger partial charge in [-0.25, -0.2) is 4.79 Å². The Morgan fingerprint density at radius 1 is 1.21 bits per heavy atom. The Balaban J connectivity index is 2.72. The molecule has 0 aliphatic rings. The van der Waals surface area contributed by atoms with Crippen molar-refractivity contribution in [3.63, 3.8) is 0 Å². The molecule has 1 aromatic rings. The Morgan fingerprint density at radius 3 is 2.21 bits per heavy atom. The number of carboxylic acid groups (broad SMARTS) is 1. The van der Waals surface area contributed by atoms with Crippen molar-refractivity contribution in [2.45, 2.75) is 13.0 Å². The first-order chi connectivity index (χ1) is 8.93. The normalized spacial score (nSPS) is 11.5. The second-order valence-electron chi connectivity index (χ2n) is 3.81. The predicted octanol–water partition coefficient (Wildman–Crippen LogP) is -0.180. The average molecular weight is 266 g/mol. The van der Waals surface area contributed by atoms with E-state index in [0.717, 1.165) is 0 Å². The van der Waals surface area contributed by atoms with Crippen molar-refractivity contribution in [2.75, 3.05) is 11.9 Å². The zero-order valence-electron chi connectivity index (χ0n) is 10.2. The third-order valence-corrected chi connectivity index (χ3v) is 2.25. The molecule has 0 fully saturated rings. The van der Waals surface area contributed by atoms with Gasteiger partial charge in [0.25, 0.3) is 5.91 Å². The van der Waals surface area contributed by atoms with Gasteiger partial charge in [-0.05, 0) is 24.3 Å². The molecule has 0 saturated carbocycles. The highest BCUT2D eigenvalue weighted by Gasteiger charge is 2.19. The molecule has 0 aliphatic carbocycles. The first-order valence-corrected chi connectivity index (χ1v) is 5.46. The minimum absolute atomic E-state index is 0.230. The summed E-state index contributed by atoms with van der Waals surface area (Å²) in [5.41, 5.74) is 0.759. The van der Waals surface area contributed by atoms with Gasteiger partial charge in [0.05, 0.1) is 6.61 Å². The second-order valence-corrected chi connectivity index (χ2v) is 3.81. The van der Waals surface area contributed by atoms with Crippen LogP contribution in [0.25, 0.3) is 0 Å². The molecule has 1 rings (SSSR count). The number of hydrogen-bond acceptors (Lipinski definition) is 4. The number of anilines is 1. The molecule has 7 nitrogen and oxygen atoms in total. The second kappa shape index (κ2) is 6.50. The maximum absolute atomic E-state index is 11.7. The highest BCUT2D eigenvalue weighted by atomic mass is 16.4. The lowest BCUT2D eigenvalue weighted by atomic mass is 10.1. The highest BCUT2D eigenvalue weighted by Crippen LogP contribution is 2.09. The van der Waals surface area contributed by atoms with Crippen LogP contribution in [0.5, 0.6) is 0 Å². The number of rotatable bonds is 5. The molecule has 19 heavy (non-hydrogen) atoms. The molecule has 0 bridgehead atoms. The van der Waals surface area contributed by atoms with Crippen molar-refractivity contribution in [2.24, 2.45) is 0 Å². The number of nitrogens with one attached hydrogen (secondary N) is 2. The van der Waals surface area contributed by atoms with Crippen molar-refractivity contribution in [3.05, 3.63) is 29.8 Å². The molecular weight excluding hydrogens is 252 g/mol. The van der Waals surface area contributed by atoms with E-state index < -0.39 is 24.5 Å². The Morgan fingerprint density at radius 2 is 1.79 bits per heavy atom. The van der Waals surface area contributed by atoms with Gasteiger partial charge in [-0.3, -0.25) is 9.59 Å². The van der Waals surface area contributed by atoms with E-state index in [1.165, 1.54) is 31.2 Å². The monoisotopic (exact) mass is 266 g/mol. The first kappa shape index (κ1) is 14.7. The van der Waals surface area contributed by atoms with Crippen LogP contribution in [0.1, 0.15) is 17.3 Å². The van der Waals surface area contributed by atoms with Crippen LogP contribution in [0, 0.1) is 0 Å². The van der Waals surface area contributed by atoms with Crippen LogP contribution in [0.3, 0.4) is 0 Å². The molecule has 1 atom stereocenters. The molecule has 4 N–H and O–H groups in total. The van der Waals surface area contributed by atoms with Crippen LogP contribution in [0.15, 0.2) is 24.3 Å². The van der Waals surface area contributed by atoms with E-state index in [1.807, 2.05) is 0 Å². The third-order valence-electron chi connectivity index (χ3n) is 2.25. The van der Waals surface area contributed by atoms with Crippen LogP contribution in [-0.4, -0.2) is 40.6 Å². The average Bonchev–Trinajstić information content (AvgIpc) is 2.35. The molecule has 0 saturated heterocycles. The van der Waals surface area contributed by atoms with Crippen molar-refractivity contribution in [1.29, 1.82) is 0 Å². The molecule has 102 valence electrons. The van der Waals surface area contributed by atoms with Gasteiger partial charge in [0, 0.05) is 18.2 Å². The fraction of sp³-hybridized carbons (Fsp3) is 0.250. The molecule has 0 aromatic heterocycles. The fourth-order valence-electron chi connectivity index (χ4n) is 1.34. The number of carbonyl (C=O) groups excluding carboxylic acids is 2. The van der Waals surface area contributed by atoms with Gasteiger partial charge >= 0.3 is 5.97 Å². The van der Waals surface area contributed by atoms with E-state index in [1.54, 1.807) is 0 Å². The summed E-state index contributed by atoms with van der Waals surface area (Å²) in [5, 5.41) is 22.2. The first-order valence-electron chi connectivity index (χ1n) is 5.46. The SMILES string of the molecule is CC(=O)Nc1ccc(C(=O)N[C@H](CO)C(=O)O)cc1. The summed E-state index contributed by atoms with van der Waals surface area (Å²) in [7, 11) is 0. The van der Waals surface area contributed by atoms with E-state index >= 15 is 0 Å². The predicted molar refractivity (Wildman–Crippen MR) is 66.7 cm³/mol. The van der Waals surface area contributed by atoms with E-state index in [4.69, 9.17) is 10.2 Å². The highest BCUT2D eigenvalue weighted by molar-refractivity contribution is 5.97. The summed E-state index contributed by atoms with van der Waals surface area (Å²) in [4.78, 5) is 33.1. The van der Waals surface area contributed by atoms with Crippen molar-refractivity contribution in [3.8, 4) is 0 Å². The quantitative estimate of drug-likeness (QED) is 0.590. The van der Waals surface area contributed by atoms with E-state index in [2.05, 4.69) is 10.6 Å². The Kier molecular flexibility index (Phi) is 5.01. The molecule has 7 heteroatoms. The molecular formula is C12H14N2O5. The number of aliphatic hydroxyl groups is 1. The Bertz CT molecular complexity index is 483. The molecule has 0 aliphatic heterocycles. The maximum Gasteiger partial charge on any atom is 0.328 e. The minimum atomic E-state index is -1.34. The van der Waals surface area contributed by atoms with E-state index in [0.29, 0.717) is 5.69 Å². The number of aliphatic hydroxyl groups excluding tert-OH is 1. The van der Waals surface area contributed by atoms with E-state index in [9.17, 15) is 14.4 Å². The lowest BCUT2D eigenvalue weighted by molar-refractivity contribution is -0.140. The van der Waals surface area contributed by atoms with Crippen molar-refractivity contribution >= 4 is 23.5 Å². The maximum atomic E-state index is 11.7. The van der Waals surface area contributed by atoms with Gasteiger partial charge in [0.2, 0.25) is 5.91 Å². The largest absolute Gasteiger partial charge is 0.480 e. The Labute approximate surface area is 109 Å². The Hall–Kier alpha value is -2.41.